The number of benzene rings is 1. The van der Waals surface area contributed by atoms with Gasteiger partial charge in [-0.2, -0.15) is 0 Å². The highest BCUT2D eigenvalue weighted by molar-refractivity contribution is 5.68. The topological polar surface area (TPSA) is 57.5 Å². The molecule has 76 valence electrons. The Morgan fingerprint density at radius 1 is 1.57 bits per heavy atom. The SMILES string of the molecule is CC(CC(=O)O)c1ccc(F)c(O)c1. The summed E-state index contributed by atoms with van der Waals surface area (Å²) in [5.74, 6) is -2.30. The number of phenolic OH excluding ortho intramolecular Hbond substituents is 1. The van der Waals surface area contributed by atoms with Crippen molar-refractivity contribution in [3.63, 3.8) is 0 Å². The molecule has 0 amide bonds. The van der Waals surface area contributed by atoms with Crippen molar-refractivity contribution in [3.05, 3.63) is 29.6 Å². The molecular weight excluding hydrogens is 187 g/mol. The van der Waals surface area contributed by atoms with E-state index in [0.29, 0.717) is 5.56 Å². The average Bonchev–Trinajstić information content (AvgIpc) is 2.08. The Kier molecular flexibility index (Phi) is 3.06. The molecule has 0 saturated heterocycles. The molecule has 0 fully saturated rings. The molecule has 0 heterocycles. The van der Waals surface area contributed by atoms with E-state index in [-0.39, 0.29) is 12.3 Å². The molecule has 3 nitrogen and oxygen atoms in total. The minimum atomic E-state index is -0.915. The van der Waals surface area contributed by atoms with Crippen LogP contribution in [0.15, 0.2) is 18.2 Å². The van der Waals surface area contributed by atoms with Gasteiger partial charge in [-0.1, -0.05) is 13.0 Å². The van der Waals surface area contributed by atoms with E-state index in [1.54, 1.807) is 6.92 Å². The number of carbonyl (C=O) groups is 1. The summed E-state index contributed by atoms with van der Waals surface area (Å²) in [6.45, 7) is 1.71. The van der Waals surface area contributed by atoms with E-state index in [1.807, 2.05) is 0 Å². The average molecular weight is 198 g/mol. The van der Waals surface area contributed by atoms with E-state index in [2.05, 4.69) is 0 Å². The van der Waals surface area contributed by atoms with E-state index >= 15 is 0 Å². The van der Waals surface area contributed by atoms with Gasteiger partial charge in [0.25, 0.3) is 0 Å². The van der Waals surface area contributed by atoms with Crippen LogP contribution in [0.25, 0.3) is 0 Å². The number of hydrogen-bond acceptors (Lipinski definition) is 2. The molecule has 0 aliphatic rings. The Morgan fingerprint density at radius 3 is 2.71 bits per heavy atom. The van der Waals surface area contributed by atoms with Crippen LogP contribution in [0.5, 0.6) is 5.75 Å². The summed E-state index contributed by atoms with van der Waals surface area (Å²) in [6, 6.07) is 3.86. The lowest BCUT2D eigenvalue weighted by atomic mass is 9.98. The van der Waals surface area contributed by atoms with Crippen LogP contribution in [-0.2, 0) is 4.79 Å². The second-order valence-electron chi connectivity index (χ2n) is 3.21. The smallest absolute Gasteiger partial charge is 0.303 e. The lowest BCUT2D eigenvalue weighted by Gasteiger charge is -2.09. The summed E-state index contributed by atoms with van der Waals surface area (Å²) in [5, 5.41) is 17.6. The number of halogens is 1. The highest BCUT2D eigenvalue weighted by atomic mass is 19.1. The third kappa shape index (κ3) is 2.45. The van der Waals surface area contributed by atoms with Crippen LogP contribution in [-0.4, -0.2) is 16.2 Å². The van der Waals surface area contributed by atoms with Crippen LogP contribution in [0.4, 0.5) is 4.39 Å². The first-order chi connectivity index (χ1) is 6.50. The van der Waals surface area contributed by atoms with Gasteiger partial charge in [0, 0.05) is 0 Å². The number of aromatic hydroxyl groups is 1. The number of hydrogen-bond donors (Lipinski definition) is 2. The van der Waals surface area contributed by atoms with E-state index in [1.165, 1.54) is 12.1 Å². The Labute approximate surface area is 80.8 Å². The molecule has 0 aliphatic heterocycles. The van der Waals surface area contributed by atoms with Crippen molar-refractivity contribution in [2.24, 2.45) is 0 Å². The molecule has 1 unspecified atom stereocenters. The molecule has 1 atom stereocenters. The Hall–Kier alpha value is -1.58. The van der Waals surface area contributed by atoms with Gasteiger partial charge >= 0.3 is 5.97 Å². The number of carboxylic acids is 1. The van der Waals surface area contributed by atoms with E-state index in [0.717, 1.165) is 6.07 Å². The van der Waals surface area contributed by atoms with Crippen LogP contribution in [0, 0.1) is 5.82 Å². The number of phenols is 1. The fourth-order valence-electron chi connectivity index (χ4n) is 1.22. The van der Waals surface area contributed by atoms with Crippen molar-refractivity contribution < 1.29 is 19.4 Å². The fourth-order valence-corrected chi connectivity index (χ4v) is 1.22. The van der Waals surface area contributed by atoms with Gasteiger partial charge in [0.2, 0.25) is 0 Å². The molecule has 1 aromatic rings. The normalized spacial score (nSPS) is 12.4. The summed E-state index contributed by atoms with van der Waals surface area (Å²) in [6.07, 6.45) is -0.0366. The maximum atomic E-state index is 12.7. The zero-order valence-electron chi connectivity index (χ0n) is 7.70. The summed E-state index contributed by atoms with van der Waals surface area (Å²) in [5.41, 5.74) is 0.617. The van der Waals surface area contributed by atoms with Gasteiger partial charge in [-0.3, -0.25) is 4.79 Å². The molecule has 0 aromatic heterocycles. The second-order valence-corrected chi connectivity index (χ2v) is 3.21. The number of aliphatic carboxylic acids is 1. The summed E-state index contributed by atoms with van der Waals surface area (Å²) in [7, 11) is 0. The highest BCUT2D eigenvalue weighted by Gasteiger charge is 2.11. The van der Waals surface area contributed by atoms with Gasteiger partial charge in [0.05, 0.1) is 6.42 Å². The predicted octanol–water partition coefficient (Wildman–Crippen LogP) is 2.11. The molecule has 1 aromatic carbocycles. The molecular formula is C10H11FO3. The van der Waals surface area contributed by atoms with Crippen LogP contribution in [0.3, 0.4) is 0 Å². The van der Waals surface area contributed by atoms with Gasteiger partial charge in [-0.25, -0.2) is 4.39 Å². The minimum Gasteiger partial charge on any atom is -0.505 e. The molecule has 0 spiro atoms. The molecule has 0 radical (unpaired) electrons. The molecule has 0 aliphatic carbocycles. The molecule has 0 saturated carbocycles. The third-order valence-electron chi connectivity index (χ3n) is 2.02. The Bertz CT molecular complexity index is 349. The quantitative estimate of drug-likeness (QED) is 0.782. The monoisotopic (exact) mass is 198 g/mol. The van der Waals surface area contributed by atoms with Gasteiger partial charge in [0.1, 0.15) is 0 Å². The van der Waals surface area contributed by atoms with Gasteiger partial charge in [-0.05, 0) is 23.6 Å². The van der Waals surface area contributed by atoms with E-state index in [9.17, 15) is 9.18 Å². The van der Waals surface area contributed by atoms with Crippen molar-refractivity contribution in [1.29, 1.82) is 0 Å². The van der Waals surface area contributed by atoms with E-state index < -0.39 is 17.5 Å². The maximum Gasteiger partial charge on any atom is 0.303 e. The van der Waals surface area contributed by atoms with Crippen LogP contribution in [0.1, 0.15) is 24.8 Å². The molecule has 4 heteroatoms. The Balaban J connectivity index is 2.85. The zero-order chi connectivity index (χ0) is 10.7. The van der Waals surface area contributed by atoms with Gasteiger partial charge in [0.15, 0.2) is 11.6 Å². The first kappa shape index (κ1) is 10.5. The summed E-state index contributed by atoms with van der Waals surface area (Å²) < 4.78 is 12.7. The molecule has 0 bridgehead atoms. The summed E-state index contributed by atoms with van der Waals surface area (Å²) in [4.78, 5) is 10.4. The van der Waals surface area contributed by atoms with Crippen molar-refractivity contribution in [2.75, 3.05) is 0 Å². The molecule has 1 rings (SSSR count). The molecule has 2 N–H and O–H groups in total. The largest absolute Gasteiger partial charge is 0.505 e. The van der Waals surface area contributed by atoms with Crippen molar-refractivity contribution >= 4 is 5.97 Å². The maximum absolute atomic E-state index is 12.7. The first-order valence-electron chi connectivity index (χ1n) is 4.21. The van der Waals surface area contributed by atoms with Gasteiger partial charge < -0.3 is 10.2 Å². The number of rotatable bonds is 3. The van der Waals surface area contributed by atoms with Crippen LogP contribution in [0.2, 0.25) is 0 Å². The predicted molar refractivity (Wildman–Crippen MR) is 48.7 cm³/mol. The number of carboxylic acid groups (broad SMARTS) is 1. The fraction of sp³-hybridized carbons (Fsp3) is 0.300. The van der Waals surface area contributed by atoms with Crippen molar-refractivity contribution in [2.45, 2.75) is 19.3 Å². The Morgan fingerprint density at radius 2 is 2.21 bits per heavy atom. The summed E-state index contributed by atoms with van der Waals surface area (Å²) >= 11 is 0. The highest BCUT2D eigenvalue weighted by Crippen LogP contribution is 2.24. The standard InChI is InChI=1S/C10H11FO3/c1-6(4-10(13)14)7-2-3-8(11)9(12)5-7/h2-3,5-6,12H,4H2,1H3,(H,13,14). The van der Waals surface area contributed by atoms with Crippen LogP contribution >= 0.6 is 0 Å². The third-order valence-corrected chi connectivity index (χ3v) is 2.02. The molecule has 14 heavy (non-hydrogen) atoms. The van der Waals surface area contributed by atoms with Crippen molar-refractivity contribution in [3.8, 4) is 5.75 Å². The van der Waals surface area contributed by atoms with E-state index in [4.69, 9.17) is 10.2 Å². The second kappa shape index (κ2) is 4.09. The lowest BCUT2D eigenvalue weighted by Crippen LogP contribution is -2.02. The van der Waals surface area contributed by atoms with Crippen molar-refractivity contribution in [1.82, 2.24) is 0 Å². The zero-order valence-corrected chi connectivity index (χ0v) is 7.70. The minimum absolute atomic E-state index is 0.0366. The van der Waals surface area contributed by atoms with Gasteiger partial charge in [-0.15, -0.1) is 0 Å². The van der Waals surface area contributed by atoms with Crippen LogP contribution < -0.4 is 0 Å². The first-order valence-corrected chi connectivity index (χ1v) is 4.21. The lowest BCUT2D eigenvalue weighted by molar-refractivity contribution is -0.137.